The van der Waals surface area contributed by atoms with Crippen LogP contribution in [-0.4, -0.2) is 26.2 Å². The number of benzene rings is 1. The Hall–Kier alpha value is -1.06. The van der Waals surface area contributed by atoms with Crippen molar-refractivity contribution in [3.8, 4) is 5.75 Å². The molecule has 1 saturated carbocycles. The number of rotatable bonds is 6. The molecule has 1 aromatic carbocycles. The second kappa shape index (κ2) is 7.51. The number of hydrogen-bond donors (Lipinski definition) is 2. The molecular formula is C16H26N2O. The molecule has 0 spiro atoms. The van der Waals surface area contributed by atoms with E-state index in [2.05, 4.69) is 17.4 Å². The number of methoxy groups -OCH3 is 1. The molecule has 2 rings (SSSR count). The highest BCUT2D eigenvalue weighted by Crippen LogP contribution is 2.22. The average molecular weight is 262 g/mol. The fourth-order valence-corrected chi connectivity index (χ4v) is 2.83. The highest BCUT2D eigenvalue weighted by atomic mass is 16.5. The maximum Gasteiger partial charge on any atom is 0.122 e. The van der Waals surface area contributed by atoms with E-state index in [1.807, 2.05) is 12.1 Å². The van der Waals surface area contributed by atoms with E-state index in [-0.39, 0.29) is 0 Å². The summed E-state index contributed by atoms with van der Waals surface area (Å²) in [5, 5.41) is 3.57. The summed E-state index contributed by atoms with van der Waals surface area (Å²) in [6.07, 6.45) is 5.97. The van der Waals surface area contributed by atoms with Crippen molar-refractivity contribution in [3.63, 3.8) is 0 Å². The summed E-state index contributed by atoms with van der Waals surface area (Å²) in [4.78, 5) is 0. The topological polar surface area (TPSA) is 47.3 Å². The summed E-state index contributed by atoms with van der Waals surface area (Å²) < 4.78 is 5.36. The standard InChI is InChI=1S/C16H26N2O/c1-19-16-5-3-2-4-14(16)10-11-18-12-13-6-8-15(17)9-7-13/h2-5,13,15,18H,6-12,17H2,1H3. The molecule has 0 heterocycles. The largest absolute Gasteiger partial charge is 0.496 e. The van der Waals surface area contributed by atoms with Gasteiger partial charge >= 0.3 is 0 Å². The maximum atomic E-state index is 5.93. The molecule has 1 aromatic rings. The summed E-state index contributed by atoms with van der Waals surface area (Å²) in [7, 11) is 1.73. The van der Waals surface area contributed by atoms with Crippen LogP contribution in [0.1, 0.15) is 31.2 Å². The molecule has 0 saturated heterocycles. The molecule has 1 aliphatic carbocycles. The SMILES string of the molecule is COc1ccccc1CCNCC1CCC(N)CC1. The van der Waals surface area contributed by atoms with Gasteiger partial charge in [-0.05, 0) is 62.7 Å². The molecule has 3 heteroatoms. The van der Waals surface area contributed by atoms with Crippen LogP contribution in [0.4, 0.5) is 0 Å². The van der Waals surface area contributed by atoms with Crippen LogP contribution < -0.4 is 15.8 Å². The van der Waals surface area contributed by atoms with E-state index in [0.717, 1.165) is 31.2 Å². The molecule has 0 radical (unpaired) electrons. The summed E-state index contributed by atoms with van der Waals surface area (Å²) >= 11 is 0. The fraction of sp³-hybridized carbons (Fsp3) is 0.625. The monoisotopic (exact) mass is 262 g/mol. The third-order valence-corrected chi connectivity index (χ3v) is 4.09. The van der Waals surface area contributed by atoms with Crippen LogP contribution in [-0.2, 0) is 6.42 Å². The number of ether oxygens (including phenoxy) is 1. The van der Waals surface area contributed by atoms with Gasteiger partial charge in [0.05, 0.1) is 7.11 Å². The van der Waals surface area contributed by atoms with Gasteiger partial charge in [-0.2, -0.15) is 0 Å². The lowest BCUT2D eigenvalue weighted by molar-refractivity contribution is 0.315. The number of para-hydroxylation sites is 1. The van der Waals surface area contributed by atoms with Gasteiger partial charge in [-0.15, -0.1) is 0 Å². The lowest BCUT2D eigenvalue weighted by Crippen LogP contribution is -2.32. The van der Waals surface area contributed by atoms with E-state index in [1.165, 1.54) is 31.2 Å². The van der Waals surface area contributed by atoms with Crippen LogP contribution in [0.5, 0.6) is 5.75 Å². The quantitative estimate of drug-likeness (QED) is 0.774. The second-order valence-corrected chi connectivity index (χ2v) is 5.55. The maximum absolute atomic E-state index is 5.93. The van der Waals surface area contributed by atoms with Crippen LogP contribution in [0.3, 0.4) is 0 Å². The molecule has 3 N–H and O–H groups in total. The van der Waals surface area contributed by atoms with Crippen LogP contribution >= 0.6 is 0 Å². The predicted molar refractivity (Wildman–Crippen MR) is 79.5 cm³/mol. The molecule has 19 heavy (non-hydrogen) atoms. The normalized spacial score (nSPS) is 23.3. The zero-order valence-corrected chi connectivity index (χ0v) is 11.9. The third kappa shape index (κ3) is 4.51. The molecule has 3 nitrogen and oxygen atoms in total. The zero-order chi connectivity index (χ0) is 13.5. The van der Waals surface area contributed by atoms with Crippen LogP contribution in [0, 0.1) is 5.92 Å². The van der Waals surface area contributed by atoms with Crippen molar-refractivity contribution in [2.45, 2.75) is 38.1 Å². The van der Waals surface area contributed by atoms with Crippen molar-refractivity contribution in [2.24, 2.45) is 11.7 Å². The molecule has 0 atom stereocenters. The first kappa shape index (κ1) is 14.4. The van der Waals surface area contributed by atoms with Crippen LogP contribution in [0.2, 0.25) is 0 Å². The Balaban J connectivity index is 1.66. The van der Waals surface area contributed by atoms with Gasteiger partial charge in [0.1, 0.15) is 5.75 Å². The highest BCUT2D eigenvalue weighted by molar-refractivity contribution is 5.33. The lowest BCUT2D eigenvalue weighted by Gasteiger charge is -2.26. The molecule has 0 aliphatic heterocycles. The molecule has 0 unspecified atom stereocenters. The Kier molecular flexibility index (Phi) is 5.67. The van der Waals surface area contributed by atoms with E-state index in [4.69, 9.17) is 10.5 Å². The molecule has 106 valence electrons. The molecule has 0 aromatic heterocycles. The van der Waals surface area contributed by atoms with Crippen molar-refractivity contribution in [3.05, 3.63) is 29.8 Å². The van der Waals surface area contributed by atoms with Gasteiger partial charge in [-0.1, -0.05) is 18.2 Å². The Labute approximate surface area is 116 Å². The summed E-state index contributed by atoms with van der Waals surface area (Å²) in [5.74, 6) is 1.81. The predicted octanol–water partition coefficient (Wildman–Crippen LogP) is 2.34. The minimum atomic E-state index is 0.449. The smallest absolute Gasteiger partial charge is 0.122 e. The van der Waals surface area contributed by atoms with E-state index >= 15 is 0 Å². The summed E-state index contributed by atoms with van der Waals surface area (Å²) in [6, 6.07) is 8.70. The summed E-state index contributed by atoms with van der Waals surface area (Å²) in [5.41, 5.74) is 7.21. The zero-order valence-electron chi connectivity index (χ0n) is 11.9. The van der Waals surface area contributed by atoms with Gasteiger partial charge < -0.3 is 15.8 Å². The van der Waals surface area contributed by atoms with Gasteiger partial charge in [0.25, 0.3) is 0 Å². The Bertz CT molecular complexity index is 373. The van der Waals surface area contributed by atoms with Crippen molar-refractivity contribution in [2.75, 3.05) is 20.2 Å². The number of nitrogens with two attached hydrogens (primary N) is 1. The van der Waals surface area contributed by atoms with Gasteiger partial charge in [-0.25, -0.2) is 0 Å². The van der Waals surface area contributed by atoms with Crippen molar-refractivity contribution in [1.29, 1.82) is 0 Å². The van der Waals surface area contributed by atoms with Crippen LogP contribution in [0.15, 0.2) is 24.3 Å². The van der Waals surface area contributed by atoms with Gasteiger partial charge in [0.2, 0.25) is 0 Å². The van der Waals surface area contributed by atoms with Gasteiger partial charge in [0, 0.05) is 6.04 Å². The van der Waals surface area contributed by atoms with Gasteiger partial charge in [0.15, 0.2) is 0 Å². The van der Waals surface area contributed by atoms with E-state index in [0.29, 0.717) is 6.04 Å². The van der Waals surface area contributed by atoms with Crippen molar-refractivity contribution < 1.29 is 4.74 Å². The molecule has 1 aliphatic rings. The van der Waals surface area contributed by atoms with E-state index in [9.17, 15) is 0 Å². The first-order valence-electron chi connectivity index (χ1n) is 7.37. The number of hydrogen-bond acceptors (Lipinski definition) is 3. The van der Waals surface area contributed by atoms with E-state index < -0.39 is 0 Å². The van der Waals surface area contributed by atoms with Crippen molar-refractivity contribution >= 4 is 0 Å². The fourth-order valence-electron chi connectivity index (χ4n) is 2.83. The summed E-state index contributed by atoms with van der Waals surface area (Å²) in [6.45, 7) is 2.14. The highest BCUT2D eigenvalue weighted by Gasteiger charge is 2.17. The van der Waals surface area contributed by atoms with Gasteiger partial charge in [-0.3, -0.25) is 0 Å². The lowest BCUT2D eigenvalue weighted by atomic mass is 9.86. The minimum absolute atomic E-state index is 0.449. The molecule has 1 fully saturated rings. The Morgan fingerprint density at radius 1 is 1.21 bits per heavy atom. The van der Waals surface area contributed by atoms with Crippen molar-refractivity contribution in [1.82, 2.24) is 5.32 Å². The molecular weight excluding hydrogens is 236 g/mol. The Morgan fingerprint density at radius 3 is 2.68 bits per heavy atom. The minimum Gasteiger partial charge on any atom is -0.496 e. The first-order chi connectivity index (χ1) is 9.29. The average Bonchev–Trinajstić information content (AvgIpc) is 2.46. The van der Waals surface area contributed by atoms with Crippen LogP contribution in [0.25, 0.3) is 0 Å². The Morgan fingerprint density at radius 2 is 1.95 bits per heavy atom. The first-order valence-corrected chi connectivity index (χ1v) is 7.37. The van der Waals surface area contributed by atoms with E-state index in [1.54, 1.807) is 7.11 Å². The second-order valence-electron chi connectivity index (χ2n) is 5.55. The molecule has 0 bridgehead atoms. The number of nitrogens with one attached hydrogen (secondary N) is 1. The third-order valence-electron chi connectivity index (χ3n) is 4.09. The molecule has 0 amide bonds.